The van der Waals surface area contributed by atoms with Gasteiger partial charge in [0.05, 0.1) is 29.2 Å². The number of amides is 2. The molecule has 5 rings (SSSR count). The van der Waals surface area contributed by atoms with E-state index in [4.69, 9.17) is 21.1 Å². The summed E-state index contributed by atoms with van der Waals surface area (Å²) in [7, 11) is -3.93. The summed E-state index contributed by atoms with van der Waals surface area (Å²) in [5.74, 6) is 0.0354. The topological polar surface area (TPSA) is 96.5 Å². The molecule has 1 aliphatic carbocycles. The molecule has 198 valence electrons. The second-order valence-electron chi connectivity index (χ2n) is 11.0. The molecule has 2 amide bonds. The van der Waals surface area contributed by atoms with Gasteiger partial charge >= 0.3 is 6.09 Å². The second kappa shape index (κ2) is 8.85. The third-order valence-electron chi connectivity index (χ3n) is 8.44. The van der Waals surface area contributed by atoms with E-state index in [1.807, 2.05) is 25.7 Å². The Balaban J connectivity index is 1.39. The van der Waals surface area contributed by atoms with Crippen LogP contribution in [0.25, 0.3) is 0 Å². The highest BCUT2D eigenvalue weighted by molar-refractivity contribution is 7.89. The van der Waals surface area contributed by atoms with Gasteiger partial charge in [-0.2, -0.15) is 4.31 Å². The molecule has 1 saturated carbocycles. The highest BCUT2D eigenvalue weighted by atomic mass is 35.5. The molecule has 0 N–H and O–H groups in total. The Labute approximate surface area is 217 Å². The molecule has 1 aromatic rings. The fourth-order valence-corrected chi connectivity index (χ4v) is 8.09. The van der Waals surface area contributed by atoms with Crippen molar-refractivity contribution >= 4 is 33.6 Å². The fraction of sp³-hybridized carbons (Fsp3) is 0.680. The third-order valence-corrected chi connectivity index (χ3v) is 10.7. The van der Waals surface area contributed by atoms with Crippen LogP contribution in [0.3, 0.4) is 0 Å². The number of fused-ring (bicyclic) bond motifs is 2. The zero-order chi connectivity index (χ0) is 26.0. The lowest BCUT2D eigenvalue weighted by atomic mass is 9.94. The van der Waals surface area contributed by atoms with Crippen molar-refractivity contribution in [2.45, 2.75) is 93.6 Å². The first kappa shape index (κ1) is 25.8. The number of nitrogens with zero attached hydrogens (tertiary/aromatic N) is 3. The number of benzene rings is 1. The molecule has 9 nitrogen and oxygen atoms in total. The van der Waals surface area contributed by atoms with Crippen LogP contribution in [0.5, 0.6) is 0 Å². The van der Waals surface area contributed by atoms with E-state index in [2.05, 4.69) is 0 Å². The lowest BCUT2D eigenvalue weighted by Gasteiger charge is -2.50. The zero-order valence-corrected chi connectivity index (χ0v) is 22.7. The predicted molar refractivity (Wildman–Crippen MR) is 133 cm³/mol. The Kier molecular flexibility index (Phi) is 6.34. The van der Waals surface area contributed by atoms with Crippen LogP contribution in [0.1, 0.15) is 53.4 Å². The van der Waals surface area contributed by atoms with Crippen molar-refractivity contribution in [3.05, 3.63) is 29.3 Å². The summed E-state index contributed by atoms with van der Waals surface area (Å²) in [5.41, 5.74) is -1.67. The maximum absolute atomic E-state index is 13.9. The molecule has 0 radical (unpaired) electrons. The fourth-order valence-electron chi connectivity index (χ4n) is 5.98. The molecule has 3 aliphatic heterocycles. The number of hydrogen-bond donors (Lipinski definition) is 0. The summed E-state index contributed by atoms with van der Waals surface area (Å²) in [5, 5.41) is 0.451. The number of morpholine rings is 1. The molecule has 3 heterocycles. The molecule has 0 spiro atoms. The van der Waals surface area contributed by atoms with Crippen molar-refractivity contribution in [2.24, 2.45) is 0 Å². The minimum Gasteiger partial charge on any atom is -0.441 e. The van der Waals surface area contributed by atoms with Gasteiger partial charge in [-0.05, 0) is 70.7 Å². The molecular weight excluding hydrogens is 506 g/mol. The van der Waals surface area contributed by atoms with Gasteiger partial charge in [-0.25, -0.2) is 13.2 Å². The van der Waals surface area contributed by atoms with Gasteiger partial charge in [-0.15, -0.1) is 0 Å². The van der Waals surface area contributed by atoms with Gasteiger partial charge in [-0.1, -0.05) is 11.6 Å². The van der Waals surface area contributed by atoms with Crippen molar-refractivity contribution in [3.63, 3.8) is 0 Å². The Morgan fingerprint density at radius 1 is 1.08 bits per heavy atom. The summed E-state index contributed by atoms with van der Waals surface area (Å²) in [6.45, 7) is 8.13. The van der Waals surface area contributed by atoms with Gasteiger partial charge in [0.15, 0.2) is 0 Å². The Morgan fingerprint density at radius 2 is 1.67 bits per heavy atom. The molecule has 2 bridgehead atoms. The van der Waals surface area contributed by atoms with Crippen molar-refractivity contribution in [2.75, 3.05) is 19.7 Å². The maximum Gasteiger partial charge on any atom is 0.410 e. The average Bonchev–Trinajstić information content (AvgIpc) is 3.53. The second-order valence-corrected chi connectivity index (χ2v) is 13.3. The molecule has 0 aromatic heterocycles. The lowest BCUT2D eigenvalue weighted by molar-refractivity contribution is -0.149. The number of sulfonamides is 1. The number of piperazine rings is 1. The SMILES string of the molecule is CC(=O)N1C2CCC1CN(C(=O)OC1([C@H]3COC(C)(C)[C@@H](C)N3S(=O)(=O)c3ccc(Cl)cc3)CC1)C2. The van der Waals surface area contributed by atoms with Crippen molar-refractivity contribution in [1.82, 2.24) is 14.1 Å². The summed E-state index contributed by atoms with van der Waals surface area (Å²) >= 11 is 6.00. The molecule has 3 saturated heterocycles. The van der Waals surface area contributed by atoms with E-state index in [9.17, 15) is 18.0 Å². The standard InChI is InChI=1S/C25H34ClN3O6S/c1-16-24(3,4)34-15-22(29(16)36(32,33)21-9-5-18(26)6-10-21)25(11-12-25)35-23(31)27-13-19-7-8-20(14-27)28(19)17(2)30/h5-6,9-10,16,19-20,22H,7-8,11-15H2,1-4H3/t16-,19?,20?,22-/m1/s1. The predicted octanol–water partition coefficient (Wildman–Crippen LogP) is 3.26. The molecule has 4 atom stereocenters. The zero-order valence-electron chi connectivity index (χ0n) is 21.1. The van der Waals surface area contributed by atoms with Gasteiger partial charge < -0.3 is 19.3 Å². The van der Waals surface area contributed by atoms with Gasteiger partial charge in [0.25, 0.3) is 0 Å². The van der Waals surface area contributed by atoms with Crippen molar-refractivity contribution in [1.29, 1.82) is 0 Å². The van der Waals surface area contributed by atoms with Gasteiger partial charge in [0.2, 0.25) is 15.9 Å². The van der Waals surface area contributed by atoms with Crippen LogP contribution >= 0.6 is 11.6 Å². The Bertz CT molecular complexity index is 1140. The number of ether oxygens (including phenoxy) is 2. The van der Waals surface area contributed by atoms with Crippen LogP contribution in [-0.2, 0) is 24.3 Å². The molecule has 1 aromatic carbocycles. The number of rotatable bonds is 4. The third kappa shape index (κ3) is 4.29. The summed E-state index contributed by atoms with van der Waals surface area (Å²) < 4.78 is 41.5. The van der Waals surface area contributed by atoms with E-state index in [-0.39, 0.29) is 29.5 Å². The molecule has 4 aliphatic rings. The first-order chi connectivity index (χ1) is 16.9. The van der Waals surface area contributed by atoms with Crippen LogP contribution in [0.2, 0.25) is 5.02 Å². The first-order valence-electron chi connectivity index (χ1n) is 12.6. The number of carbonyl (C=O) groups excluding carboxylic acids is 2. The van der Waals surface area contributed by atoms with Crippen LogP contribution < -0.4 is 0 Å². The van der Waals surface area contributed by atoms with Crippen LogP contribution in [0.4, 0.5) is 4.79 Å². The average molecular weight is 540 g/mol. The van der Waals surface area contributed by atoms with Crippen LogP contribution in [0, 0.1) is 0 Å². The summed E-state index contributed by atoms with van der Waals surface area (Å²) in [6.07, 6.45) is 2.42. The van der Waals surface area contributed by atoms with Gasteiger partial charge in [0, 0.05) is 37.1 Å². The monoisotopic (exact) mass is 539 g/mol. The minimum atomic E-state index is -3.93. The number of hydrogen-bond acceptors (Lipinski definition) is 6. The molecule has 2 unspecified atom stereocenters. The van der Waals surface area contributed by atoms with E-state index in [1.54, 1.807) is 24.0 Å². The van der Waals surface area contributed by atoms with E-state index in [0.29, 0.717) is 31.0 Å². The molecule has 36 heavy (non-hydrogen) atoms. The molecule has 11 heteroatoms. The highest BCUT2D eigenvalue weighted by Crippen LogP contribution is 2.50. The van der Waals surface area contributed by atoms with Gasteiger partial charge in [-0.3, -0.25) is 4.79 Å². The summed E-state index contributed by atoms with van der Waals surface area (Å²) in [6, 6.07) is 4.97. The first-order valence-corrected chi connectivity index (χ1v) is 14.4. The Hall–Kier alpha value is -1.88. The minimum absolute atomic E-state index is 0.00423. The largest absolute Gasteiger partial charge is 0.441 e. The molecule has 4 fully saturated rings. The highest BCUT2D eigenvalue weighted by Gasteiger charge is 2.62. The van der Waals surface area contributed by atoms with E-state index >= 15 is 0 Å². The van der Waals surface area contributed by atoms with E-state index < -0.39 is 39.4 Å². The van der Waals surface area contributed by atoms with Crippen molar-refractivity contribution < 1.29 is 27.5 Å². The summed E-state index contributed by atoms with van der Waals surface area (Å²) in [4.78, 5) is 29.1. The van der Waals surface area contributed by atoms with Crippen molar-refractivity contribution in [3.8, 4) is 0 Å². The van der Waals surface area contributed by atoms with Crippen LogP contribution in [-0.4, -0.2) is 89.6 Å². The van der Waals surface area contributed by atoms with E-state index in [1.165, 1.54) is 16.4 Å². The molecular formula is C25H34ClN3O6S. The lowest BCUT2D eigenvalue weighted by Crippen LogP contribution is -2.66. The quantitative estimate of drug-likeness (QED) is 0.582. The maximum atomic E-state index is 13.9. The number of halogens is 1. The smallest absolute Gasteiger partial charge is 0.410 e. The Morgan fingerprint density at radius 3 is 2.19 bits per heavy atom. The number of likely N-dealkylation sites (tertiary alicyclic amines) is 1. The normalized spacial score (nSPS) is 31.2. The number of carbonyl (C=O) groups is 2. The van der Waals surface area contributed by atoms with Crippen LogP contribution in [0.15, 0.2) is 29.2 Å². The van der Waals surface area contributed by atoms with E-state index in [0.717, 1.165) is 12.8 Å². The van der Waals surface area contributed by atoms with Gasteiger partial charge in [0.1, 0.15) is 5.60 Å².